The van der Waals surface area contributed by atoms with Crippen molar-refractivity contribution in [3.05, 3.63) is 59.7 Å². The minimum Gasteiger partial charge on any atom is -0.497 e. The van der Waals surface area contributed by atoms with Crippen LogP contribution in [-0.4, -0.2) is 48.1 Å². The first kappa shape index (κ1) is 18.8. The number of carbonyl (C=O) groups is 1. The molecule has 0 N–H and O–H groups in total. The molecule has 1 spiro atoms. The van der Waals surface area contributed by atoms with Gasteiger partial charge in [0.15, 0.2) is 0 Å². The highest BCUT2D eigenvalue weighted by molar-refractivity contribution is 5.73. The van der Waals surface area contributed by atoms with Crippen molar-refractivity contribution in [3.8, 4) is 11.5 Å². The standard InChI is InChI=1S/C23H28N2O3/c1-18(26)25-16-20-5-3-4-6-22(20)28-23(17-25)11-13-24(14-12-23)15-19-7-9-21(27-2)10-8-19/h3-10H,11-17H2,1-2H3. The van der Waals surface area contributed by atoms with E-state index >= 15 is 0 Å². The molecule has 5 nitrogen and oxygen atoms in total. The molecule has 28 heavy (non-hydrogen) atoms. The van der Waals surface area contributed by atoms with Gasteiger partial charge in [-0.1, -0.05) is 30.3 Å². The fraction of sp³-hybridized carbons (Fsp3) is 0.435. The van der Waals surface area contributed by atoms with Crippen LogP contribution >= 0.6 is 0 Å². The van der Waals surface area contributed by atoms with Gasteiger partial charge >= 0.3 is 0 Å². The molecule has 1 amide bonds. The van der Waals surface area contributed by atoms with Gasteiger partial charge in [-0.2, -0.15) is 0 Å². The minimum atomic E-state index is -0.297. The van der Waals surface area contributed by atoms with E-state index in [1.54, 1.807) is 14.0 Å². The molecular formula is C23H28N2O3. The number of rotatable bonds is 3. The van der Waals surface area contributed by atoms with Gasteiger partial charge in [-0.3, -0.25) is 9.69 Å². The number of methoxy groups -OCH3 is 1. The Balaban J connectivity index is 1.46. The molecule has 2 heterocycles. The fourth-order valence-corrected chi connectivity index (χ4v) is 4.20. The number of nitrogens with zero attached hydrogens (tertiary/aromatic N) is 2. The van der Waals surface area contributed by atoms with Crippen LogP contribution in [0.4, 0.5) is 0 Å². The summed E-state index contributed by atoms with van der Waals surface area (Å²) in [6.07, 6.45) is 1.84. The van der Waals surface area contributed by atoms with E-state index in [0.717, 1.165) is 49.5 Å². The number of likely N-dealkylation sites (tertiary alicyclic amines) is 1. The summed E-state index contributed by atoms with van der Waals surface area (Å²) in [7, 11) is 1.69. The Labute approximate surface area is 166 Å². The van der Waals surface area contributed by atoms with Gasteiger partial charge < -0.3 is 14.4 Å². The Kier molecular flexibility index (Phi) is 5.27. The maximum atomic E-state index is 12.2. The van der Waals surface area contributed by atoms with Crippen LogP contribution in [-0.2, 0) is 17.9 Å². The molecule has 0 unspecified atom stereocenters. The van der Waals surface area contributed by atoms with Gasteiger partial charge in [0.25, 0.3) is 0 Å². The average molecular weight is 380 g/mol. The van der Waals surface area contributed by atoms with E-state index in [1.165, 1.54) is 5.56 Å². The molecule has 2 aliphatic rings. The lowest BCUT2D eigenvalue weighted by Gasteiger charge is -2.42. The lowest BCUT2D eigenvalue weighted by molar-refractivity contribution is -0.132. The number of benzene rings is 2. The summed E-state index contributed by atoms with van der Waals surface area (Å²) >= 11 is 0. The highest BCUT2D eigenvalue weighted by atomic mass is 16.5. The summed E-state index contributed by atoms with van der Waals surface area (Å²) < 4.78 is 11.8. The number of hydrogen-bond donors (Lipinski definition) is 0. The van der Waals surface area contributed by atoms with Crippen LogP contribution in [0.3, 0.4) is 0 Å². The Morgan fingerprint density at radius 2 is 1.82 bits per heavy atom. The van der Waals surface area contributed by atoms with E-state index in [4.69, 9.17) is 9.47 Å². The van der Waals surface area contributed by atoms with Crippen molar-refractivity contribution < 1.29 is 14.3 Å². The van der Waals surface area contributed by atoms with E-state index in [9.17, 15) is 4.79 Å². The molecule has 0 saturated carbocycles. The van der Waals surface area contributed by atoms with Gasteiger partial charge in [0.1, 0.15) is 17.1 Å². The maximum Gasteiger partial charge on any atom is 0.219 e. The topological polar surface area (TPSA) is 42.0 Å². The van der Waals surface area contributed by atoms with Crippen molar-refractivity contribution in [2.75, 3.05) is 26.7 Å². The number of carbonyl (C=O) groups excluding carboxylic acids is 1. The van der Waals surface area contributed by atoms with Gasteiger partial charge in [0.2, 0.25) is 5.91 Å². The monoisotopic (exact) mass is 380 g/mol. The molecule has 148 valence electrons. The third kappa shape index (κ3) is 3.99. The molecule has 2 aromatic carbocycles. The zero-order valence-electron chi connectivity index (χ0n) is 16.7. The summed E-state index contributed by atoms with van der Waals surface area (Å²) in [6, 6.07) is 16.4. The van der Waals surface area contributed by atoms with E-state index in [2.05, 4.69) is 23.1 Å². The first-order valence-electron chi connectivity index (χ1n) is 9.95. The smallest absolute Gasteiger partial charge is 0.219 e. The molecule has 2 aromatic rings. The van der Waals surface area contributed by atoms with Crippen molar-refractivity contribution >= 4 is 5.91 Å². The molecule has 0 radical (unpaired) electrons. The summed E-state index contributed by atoms with van der Waals surface area (Å²) in [5, 5.41) is 0. The van der Waals surface area contributed by atoms with Crippen LogP contribution in [0.2, 0.25) is 0 Å². The van der Waals surface area contributed by atoms with E-state index < -0.39 is 0 Å². The number of piperidine rings is 1. The zero-order valence-corrected chi connectivity index (χ0v) is 16.7. The van der Waals surface area contributed by atoms with Gasteiger partial charge in [-0.25, -0.2) is 0 Å². The second kappa shape index (κ2) is 7.84. The van der Waals surface area contributed by atoms with Crippen LogP contribution in [0.5, 0.6) is 11.5 Å². The van der Waals surface area contributed by atoms with Crippen molar-refractivity contribution in [1.82, 2.24) is 9.80 Å². The largest absolute Gasteiger partial charge is 0.497 e. The van der Waals surface area contributed by atoms with Crippen molar-refractivity contribution in [1.29, 1.82) is 0 Å². The minimum absolute atomic E-state index is 0.111. The second-order valence-corrected chi connectivity index (χ2v) is 7.89. The van der Waals surface area contributed by atoms with Crippen LogP contribution in [0, 0.1) is 0 Å². The van der Waals surface area contributed by atoms with Crippen molar-refractivity contribution in [2.45, 2.75) is 38.5 Å². The lowest BCUT2D eigenvalue weighted by Crippen LogP contribution is -2.53. The molecule has 5 heteroatoms. The fourth-order valence-electron chi connectivity index (χ4n) is 4.20. The molecule has 2 aliphatic heterocycles. The first-order valence-corrected chi connectivity index (χ1v) is 9.95. The molecule has 1 fully saturated rings. The average Bonchev–Trinajstić information content (AvgIpc) is 2.87. The predicted octanol–water partition coefficient (Wildman–Crippen LogP) is 3.47. The highest BCUT2D eigenvalue weighted by Crippen LogP contribution is 2.35. The first-order chi connectivity index (χ1) is 13.6. The SMILES string of the molecule is COc1ccc(CN2CCC3(CC2)CN(C(C)=O)Cc2ccccc2O3)cc1. The molecule has 0 aromatic heterocycles. The van der Waals surface area contributed by atoms with E-state index in [1.807, 2.05) is 35.2 Å². The molecule has 4 rings (SSSR count). The van der Waals surface area contributed by atoms with Crippen LogP contribution in [0.1, 0.15) is 30.9 Å². The number of hydrogen-bond acceptors (Lipinski definition) is 4. The van der Waals surface area contributed by atoms with Crippen molar-refractivity contribution in [2.24, 2.45) is 0 Å². The van der Waals surface area contributed by atoms with Gasteiger partial charge in [0, 0.05) is 51.5 Å². The summed E-state index contributed by atoms with van der Waals surface area (Å²) in [6.45, 7) is 5.78. The molecule has 0 atom stereocenters. The van der Waals surface area contributed by atoms with Gasteiger partial charge in [-0.15, -0.1) is 0 Å². The number of amides is 1. The quantitative estimate of drug-likeness (QED) is 0.818. The Hall–Kier alpha value is -2.53. The zero-order chi connectivity index (χ0) is 19.6. The van der Waals surface area contributed by atoms with Crippen LogP contribution in [0.15, 0.2) is 48.5 Å². The Bertz CT molecular complexity index is 826. The molecule has 1 saturated heterocycles. The Morgan fingerprint density at radius 1 is 1.11 bits per heavy atom. The lowest BCUT2D eigenvalue weighted by atomic mass is 9.90. The summed E-state index contributed by atoms with van der Waals surface area (Å²) in [4.78, 5) is 16.6. The van der Waals surface area contributed by atoms with E-state index in [-0.39, 0.29) is 11.5 Å². The summed E-state index contributed by atoms with van der Waals surface area (Å²) in [5.74, 6) is 1.92. The molecule has 0 aliphatic carbocycles. The second-order valence-electron chi connectivity index (χ2n) is 7.89. The molecule has 0 bridgehead atoms. The third-order valence-electron chi connectivity index (χ3n) is 5.92. The normalized spacial score (nSPS) is 18.9. The van der Waals surface area contributed by atoms with Gasteiger partial charge in [-0.05, 0) is 23.8 Å². The highest BCUT2D eigenvalue weighted by Gasteiger charge is 2.41. The van der Waals surface area contributed by atoms with Gasteiger partial charge in [0.05, 0.1) is 13.7 Å². The maximum absolute atomic E-state index is 12.2. The number of fused-ring (bicyclic) bond motifs is 1. The Morgan fingerprint density at radius 3 is 2.50 bits per heavy atom. The predicted molar refractivity (Wildman–Crippen MR) is 108 cm³/mol. The van der Waals surface area contributed by atoms with Crippen molar-refractivity contribution in [3.63, 3.8) is 0 Å². The molecular weight excluding hydrogens is 352 g/mol. The third-order valence-corrected chi connectivity index (χ3v) is 5.92. The number of ether oxygens (including phenoxy) is 2. The van der Waals surface area contributed by atoms with Crippen LogP contribution in [0.25, 0.3) is 0 Å². The van der Waals surface area contributed by atoms with Crippen LogP contribution < -0.4 is 9.47 Å². The summed E-state index contributed by atoms with van der Waals surface area (Å²) in [5.41, 5.74) is 2.08. The number of para-hydroxylation sites is 1. The van der Waals surface area contributed by atoms with E-state index in [0.29, 0.717) is 13.1 Å².